The zero-order valence-corrected chi connectivity index (χ0v) is 19.3. The highest BCUT2D eigenvalue weighted by Crippen LogP contribution is 2.28. The van der Waals surface area contributed by atoms with Gasteiger partial charge in [-0.25, -0.2) is 13.8 Å². The SMILES string of the molecule is CCOc1cccc(/C=N\NC(=O)c2ccc(N(C)S(=O)(=O)c3ccc(C)cc3)cc2)c1O. The number of carbonyl (C=O) groups excluding carboxylic acids is 1. The highest BCUT2D eigenvalue weighted by Gasteiger charge is 2.21. The van der Waals surface area contributed by atoms with E-state index in [9.17, 15) is 18.3 Å². The van der Waals surface area contributed by atoms with Gasteiger partial charge in [0.05, 0.1) is 23.4 Å². The molecule has 0 aliphatic carbocycles. The molecule has 0 spiro atoms. The summed E-state index contributed by atoms with van der Waals surface area (Å²) in [5.74, 6) is -0.227. The molecule has 1 amide bonds. The molecule has 3 aromatic carbocycles. The first-order valence-corrected chi connectivity index (χ1v) is 11.6. The molecule has 3 aromatic rings. The van der Waals surface area contributed by atoms with E-state index in [-0.39, 0.29) is 10.6 Å². The van der Waals surface area contributed by atoms with Gasteiger partial charge in [-0.3, -0.25) is 9.10 Å². The van der Waals surface area contributed by atoms with Crippen LogP contribution in [0.1, 0.15) is 28.4 Å². The Kier molecular flexibility index (Phi) is 7.34. The first-order valence-electron chi connectivity index (χ1n) is 10.2. The van der Waals surface area contributed by atoms with E-state index < -0.39 is 15.9 Å². The van der Waals surface area contributed by atoms with E-state index in [4.69, 9.17) is 4.74 Å². The summed E-state index contributed by atoms with van der Waals surface area (Å²) in [4.78, 5) is 12.6. The third-order valence-corrected chi connectivity index (χ3v) is 6.67. The Labute approximate surface area is 193 Å². The Morgan fingerprint density at radius 1 is 1.09 bits per heavy atom. The van der Waals surface area contributed by atoms with Gasteiger partial charge in [0.2, 0.25) is 0 Å². The number of sulfonamides is 1. The smallest absolute Gasteiger partial charge is 0.271 e. The van der Waals surface area contributed by atoms with Crippen molar-refractivity contribution in [2.75, 3.05) is 18.0 Å². The van der Waals surface area contributed by atoms with E-state index in [1.807, 2.05) is 6.92 Å². The van der Waals surface area contributed by atoms with Gasteiger partial charge in [0.1, 0.15) is 0 Å². The minimum absolute atomic E-state index is 0.0699. The average molecular weight is 468 g/mol. The van der Waals surface area contributed by atoms with Gasteiger partial charge >= 0.3 is 0 Å². The van der Waals surface area contributed by atoms with Crippen LogP contribution in [0.5, 0.6) is 11.5 Å². The Hall–Kier alpha value is -3.85. The van der Waals surface area contributed by atoms with Crippen molar-refractivity contribution >= 4 is 27.8 Å². The van der Waals surface area contributed by atoms with Crippen LogP contribution in [0.15, 0.2) is 76.7 Å². The fraction of sp³-hybridized carbons (Fsp3) is 0.167. The third-order valence-electron chi connectivity index (χ3n) is 4.87. The molecule has 0 radical (unpaired) electrons. The second-order valence-corrected chi connectivity index (χ2v) is 9.13. The Morgan fingerprint density at radius 3 is 2.39 bits per heavy atom. The molecule has 2 N–H and O–H groups in total. The van der Waals surface area contributed by atoms with Gasteiger partial charge in [-0.1, -0.05) is 23.8 Å². The number of aryl methyl sites for hydroxylation is 1. The molecule has 0 atom stereocenters. The van der Waals surface area contributed by atoms with Crippen molar-refractivity contribution in [3.63, 3.8) is 0 Å². The van der Waals surface area contributed by atoms with Crippen molar-refractivity contribution in [1.82, 2.24) is 5.43 Å². The number of hydrogen-bond donors (Lipinski definition) is 2. The predicted molar refractivity (Wildman–Crippen MR) is 128 cm³/mol. The molecule has 0 fully saturated rings. The van der Waals surface area contributed by atoms with E-state index in [1.165, 1.54) is 25.4 Å². The van der Waals surface area contributed by atoms with E-state index in [0.29, 0.717) is 29.2 Å². The molecule has 0 heterocycles. The van der Waals surface area contributed by atoms with Gasteiger partial charge < -0.3 is 9.84 Å². The number of aromatic hydroxyl groups is 1. The molecule has 0 aromatic heterocycles. The first-order chi connectivity index (χ1) is 15.7. The number of hydrogen-bond acceptors (Lipinski definition) is 6. The number of ether oxygens (including phenoxy) is 1. The van der Waals surface area contributed by atoms with E-state index in [1.54, 1.807) is 61.5 Å². The number of para-hydroxylation sites is 1. The number of hydrazone groups is 1. The molecular weight excluding hydrogens is 442 g/mol. The van der Waals surface area contributed by atoms with E-state index >= 15 is 0 Å². The Balaban J connectivity index is 1.68. The van der Waals surface area contributed by atoms with Gasteiger partial charge in [-0.15, -0.1) is 0 Å². The minimum Gasteiger partial charge on any atom is -0.504 e. The molecule has 8 nitrogen and oxygen atoms in total. The summed E-state index contributed by atoms with van der Waals surface area (Å²) in [7, 11) is -2.27. The first kappa shape index (κ1) is 23.8. The lowest BCUT2D eigenvalue weighted by atomic mass is 10.2. The molecule has 0 saturated heterocycles. The normalized spacial score (nSPS) is 11.4. The largest absolute Gasteiger partial charge is 0.504 e. The number of nitrogens with one attached hydrogen (secondary N) is 1. The zero-order chi connectivity index (χ0) is 24.0. The molecule has 0 bridgehead atoms. The second-order valence-electron chi connectivity index (χ2n) is 7.16. The lowest BCUT2D eigenvalue weighted by Crippen LogP contribution is -2.26. The van der Waals surface area contributed by atoms with Crippen LogP contribution < -0.4 is 14.5 Å². The summed E-state index contributed by atoms with van der Waals surface area (Å²) < 4.78 is 32.1. The van der Waals surface area contributed by atoms with Gasteiger partial charge in [-0.2, -0.15) is 5.10 Å². The van der Waals surface area contributed by atoms with Crippen LogP contribution in [0.2, 0.25) is 0 Å². The number of anilines is 1. The molecule has 33 heavy (non-hydrogen) atoms. The monoisotopic (exact) mass is 467 g/mol. The number of phenols is 1. The third kappa shape index (κ3) is 5.50. The second kappa shape index (κ2) is 10.2. The summed E-state index contributed by atoms with van der Waals surface area (Å²) in [5, 5.41) is 14.0. The molecule has 0 aliphatic heterocycles. The van der Waals surface area contributed by atoms with Crippen LogP contribution in [-0.2, 0) is 10.0 Å². The summed E-state index contributed by atoms with van der Waals surface area (Å²) in [6.45, 7) is 4.10. The number of nitrogens with zero attached hydrogens (tertiary/aromatic N) is 2. The fourth-order valence-corrected chi connectivity index (χ4v) is 4.17. The molecule has 172 valence electrons. The van der Waals surface area contributed by atoms with Crippen LogP contribution in [0.3, 0.4) is 0 Å². The van der Waals surface area contributed by atoms with E-state index in [0.717, 1.165) is 9.87 Å². The molecule has 0 saturated carbocycles. The molecule has 0 aliphatic rings. The Morgan fingerprint density at radius 2 is 1.76 bits per heavy atom. The van der Waals surface area contributed by atoms with Gasteiger partial charge in [0, 0.05) is 18.2 Å². The summed E-state index contributed by atoms with van der Waals surface area (Å²) >= 11 is 0. The summed E-state index contributed by atoms with van der Waals surface area (Å²) in [6.07, 6.45) is 1.31. The van der Waals surface area contributed by atoms with Crippen LogP contribution in [0.25, 0.3) is 0 Å². The lowest BCUT2D eigenvalue weighted by Gasteiger charge is -2.19. The molecule has 0 unspecified atom stereocenters. The lowest BCUT2D eigenvalue weighted by molar-refractivity contribution is 0.0955. The van der Waals surface area contributed by atoms with Crippen molar-refractivity contribution < 1.29 is 23.1 Å². The maximum Gasteiger partial charge on any atom is 0.271 e. The summed E-state index contributed by atoms with van der Waals surface area (Å²) in [6, 6.07) is 17.7. The number of benzene rings is 3. The van der Waals surface area contributed by atoms with Crippen LogP contribution >= 0.6 is 0 Å². The highest BCUT2D eigenvalue weighted by molar-refractivity contribution is 7.92. The highest BCUT2D eigenvalue weighted by atomic mass is 32.2. The van der Waals surface area contributed by atoms with Gasteiger partial charge in [0.25, 0.3) is 15.9 Å². The molecular formula is C24H25N3O5S. The minimum atomic E-state index is -3.72. The van der Waals surface area contributed by atoms with Gasteiger partial charge in [0.15, 0.2) is 11.5 Å². The molecule has 9 heteroatoms. The zero-order valence-electron chi connectivity index (χ0n) is 18.5. The topological polar surface area (TPSA) is 108 Å². The number of amides is 1. The van der Waals surface area contributed by atoms with Crippen LogP contribution in [-0.4, -0.2) is 39.3 Å². The van der Waals surface area contributed by atoms with Crippen molar-refractivity contribution in [2.24, 2.45) is 5.10 Å². The Bertz CT molecular complexity index is 1250. The van der Waals surface area contributed by atoms with Crippen molar-refractivity contribution in [3.8, 4) is 11.5 Å². The fourth-order valence-electron chi connectivity index (χ4n) is 2.97. The quantitative estimate of drug-likeness (QED) is 0.388. The van der Waals surface area contributed by atoms with Gasteiger partial charge in [-0.05, 0) is 62.4 Å². The average Bonchev–Trinajstić information content (AvgIpc) is 2.81. The maximum absolute atomic E-state index is 12.8. The standard InChI is InChI=1S/C24H25N3O5S/c1-4-32-22-7-5-6-19(23(22)28)16-25-26-24(29)18-10-12-20(13-11-18)27(3)33(30,31)21-14-8-17(2)9-15-21/h5-16,28H,4H2,1-3H3,(H,26,29)/b25-16-. The number of carbonyl (C=O) groups is 1. The van der Waals surface area contributed by atoms with Crippen LogP contribution in [0.4, 0.5) is 5.69 Å². The van der Waals surface area contributed by atoms with Crippen molar-refractivity contribution in [1.29, 1.82) is 0 Å². The number of phenolic OH excluding ortho intramolecular Hbond substituents is 1. The summed E-state index contributed by atoms with van der Waals surface area (Å²) in [5.41, 5.74) is 4.44. The van der Waals surface area contributed by atoms with Crippen molar-refractivity contribution in [2.45, 2.75) is 18.7 Å². The van der Waals surface area contributed by atoms with E-state index in [2.05, 4.69) is 10.5 Å². The van der Waals surface area contributed by atoms with Crippen molar-refractivity contribution in [3.05, 3.63) is 83.4 Å². The molecule has 3 rings (SSSR count). The predicted octanol–water partition coefficient (Wildman–Crippen LogP) is 3.69. The number of rotatable bonds is 8. The van der Waals surface area contributed by atoms with Crippen LogP contribution in [0, 0.1) is 6.92 Å². The maximum atomic E-state index is 12.8.